The Morgan fingerprint density at radius 1 is 1.15 bits per heavy atom. The third-order valence-corrected chi connectivity index (χ3v) is 5.64. The van der Waals surface area contributed by atoms with E-state index in [4.69, 9.17) is 9.72 Å². The minimum Gasteiger partial charge on any atom is -0.497 e. The summed E-state index contributed by atoms with van der Waals surface area (Å²) < 4.78 is 7.40. The minimum absolute atomic E-state index is 0.523. The molecule has 0 spiro atoms. The molecule has 0 saturated carbocycles. The Balaban J connectivity index is 1.71. The average Bonchev–Trinajstić information content (AvgIpc) is 3.09. The molecule has 5 nitrogen and oxygen atoms in total. The van der Waals surface area contributed by atoms with Crippen molar-refractivity contribution in [3.05, 3.63) is 42.4 Å². The van der Waals surface area contributed by atoms with Crippen LogP contribution in [0.2, 0.25) is 0 Å². The van der Waals surface area contributed by atoms with Gasteiger partial charge in [-0.2, -0.15) is 0 Å². The first kappa shape index (κ1) is 18.0. The molecule has 0 N–H and O–H groups in total. The van der Waals surface area contributed by atoms with Crippen molar-refractivity contribution < 1.29 is 4.74 Å². The third-order valence-electron chi connectivity index (χ3n) is 5.64. The number of nitrogens with zero attached hydrogens (tertiary/aromatic N) is 4. The second-order valence-electron chi connectivity index (χ2n) is 7.46. The molecule has 142 valence electrons. The van der Waals surface area contributed by atoms with Crippen molar-refractivity contribution in [2.24, 2.45) is 7.05 Å². The van der Waals surface area contributed by atoms with Crippen LogP contribution in [-0.2, 0) is 7.05 Å². The first-order chi connectivity index (χ1) is 13.2. The Hall–Kier alpha value is -2.40. The zero-order valence-electron chi connectivity index (χ0n) is 16.5. The molecule has 0 aliphatic carbocycles. The van der Waals surface area contributed by atoms with E-state index in [1.54, 1.807) is 7.11 Å². The molecule has 1 saturated heterocycles. The van der Waals surface area contributed by atoms with Crippen LogP contribution in [0.15, 0.2) is 36.7 Å². The number of benzene rings is 1. The number of pyridine rings is 1. The van der Waals surface area contributed by atoms with Crippen molar-refractivity contribution in [2.75, 3.05) is 26.7 Å². The number of rotatable bonds is 5. The Bertz CT molecular complexity index is 908. The van der Waals surface area contributed by atoms with Crippen LogP contribution in [0.25, 0.3) is 22.3 Å². The van der Waals surface area contributed by atoms with Crippen LogP contribution in [-0.4, -0.2) is 46.2 Å². The lowest BCUT2D eigenvalue weighted by molar-refractivity contribution is 0.211. The lowest BCUT2D eigenvalue weighted by Gasteiger charge is -2.31. The van der Waals surface area contributed by atoms with Crippen LogP contribution in [0.4, 0.5) is 0 Å². The molecule has 0 amide bonds. The summed E-state index contributed by atoms with van der Waals surface area (Å²) in [4.78, 5) is 12.3. The van der Waals surface area contributed by atoms with Gasteiger partial charge in [-0.25, -0.2) is 4.98 Å². The number of fused-ring (bicyclic) bond motifs is 1. The van der Waals surface area contributed by atoms with Crippen molar-refractivity contribution in [2.45, 2.75) is 32.1 Å². The van der Waals surface area contributed by atoms with E-state index in [-0.39, 0.29) is 0 Å². The van der Waals surface area contributed by atoms with E-state index in [1.807, 2.05) is 18.5 Å². The molecule has 3 heterocycles. The maximum atomic E-state index is 5.30. The van der Waals surface area contributed by atoms with Gasteiger partial charge in [0.25, 0.3) is 0 Å². The smallest absolute Gasteiger partial charge is 0.118 e. The van der Waals surface area contributed by atoms with Gasteiger partial charge in [0.2, 0.25) is 0 Å². The van der Waals surface area contributed by atoms with Crippen LogP contribution < -0.4 is 4.74 Å². The SMILES string of the molecule is CCCN1CCC(c2cc3c(ncn3C)c(-c3ccc(OC)cc3)n2)CC1. The summed E-state index contributed by atoms with van der Waals surface area (Å²) >= 11 is 0. The number of piperidine rings is 1. The van der Waals surface area contributed by atoms with Crippen LogP contribution in [0.5, 0.6) is 5.75 Å². The number of aromatic nitrogens is 3. The summed E-state index contributed by atoms with van der Waals surface area (Å²) in [7, 11) is 3.75. The van der Waals surface area contributed by atoms with Gasteiger partial charge < -0.3 is 14.2 Å². The average molecular weight is 364 g/mol. The van der Waals surface area contributed by atoms with Gasteiger partial charge in [0.15, 0.2) is 0 Å². The fraction of sp³-hybridized carbons (Fsp3) is 0.455. The van der Waals surface area contributed by atoms with E-state index in [2.05, 4.69) is 46.6 Å². The Morgan fingerprint density at radius 3 is 2.56 bits per heavy atom. The summed E-state index contributed by atoms with van der Waals surface area (Å²) in [5.41, 5.74) is 5.39. The van der Waals surface area contributed by atoms with E-state index in [0.29, 0.717) is 5.92 Å². The number of imidazole rings is 1. The van der Waals surface area contributed by atoms with Gasteiger partial charge in [0, 0.05) is 24.2 Å². The topological polar surface area (TPSA) is 43.2 Å². The summed E-state index contributed by atoms with van der Waals surface area (Å²) in [5, 5.41) is 0. The van der Waals surface area contributed by atoms with Gasteiger partial charge in [-0.05, 0) is 69.2 Å². The van der Waals surface area contributed by atoms with Gasteiger partial charge >= 0.3 is 0 Å². The highest BCUT2D eigenvalue weighted by Gasteiger charge is 2.23. The number of ether oxygens (including phenoxy) is 1. The van der Waals surface area contributed by atoms with Crippen molar-refractivity contribution in [1.29, 1.82) is 0 Å². The molecule has 2 aromatic heterocycles. The van der Waals surface area contributed by atoms with Crippen LogP contribution in [0, 0.1) is 0 Å². The highest BCUT2D eigenvalue weighted by molar-refractivity contribution is 5.90. The highest BCUT2D eigenvalue weighted by Crippen LogP contribution is 2.33. The van der Waals surface area contributed by atoms with E-state index in [9.17, 15) is 0 Å². The molecule has 3 aromatic rings. The van der Waals surface area contributed by atoms with Gasteiger partial charge in [0.1, 0.15) is 11.3 Å². The van der Waals surface area contributed by atoms with Crippen molar-refractivity contribution in [1.82, 2.24) is 19.4 Å². The molecule has 0 unspecified atom stereocenters. The molecule has 1 aliphatic rings. The van der Waals surface area contributed by atoms with E-state index in [1.165, 1.54) is 44.6 Å². The molecule has 1 aromatic carbocycles. The number of aryl methyl sites for hydroxylation is 1. The van der Waals surface area contributed by atoms with E-state index < -0.39 is 0 Å². The summed E-state index contributed by atoms with van der Waals surface area (Å²) in [6.45, 7) is 5.80. The van der Waals surface area contributed by atoms with Crippen molar-refractivity contribution in [3.8, 4) is 17.0 Å². The highest BCUT2D eigenvalue weighted by atomic mass is 16.5. The Morgan fingerprint density at radius 2 is 1.89 bits per heavy atom. The van der Waals surface area contributed by atoms with Crippen LogP contribution in [0.3, 0.4) is 0 Å². The number of hydrogen-bond acceptors (Lipinski definition) is 4. The quantitative estimate of drug-likeness (QED) is 0.679. The molecule has 27 heavy (non-hydrogen) atoms. The normalized spacial score (nSPS) is 16.1. The van der Waals surface area contributed by atoms with Gasteiger partial charge in [-0.15, -0.1) is 0 Å². The van der Waals surface area contributed by atoms with Gasteiger partial charge in [-0.1, -0.05) is 6.92 Å². The molecular formula is C22H28N4O. The van der Waals surface area contributed by atoms with Gasteiger partial charge in [0.05, 0.1) is 24.6 Å². The maximum Gasteiger partial charge on any atom is 0.118 e. The summed E-state index contributed by atoms with van der Waals surface area (Å²) in [5.74, 6) is 1.38. The minimum atomic E-state index is 0.523. The monoisotopic (exact) mass is 364 g/mol. The lowest BCUT2D eigenvalue weighted by atomic mass is 9.92. The molecule has 1 aliphatic heterocycles. The fourth-order valence-corrected chi connectivity index (χ4v) is 4.07. The lowest BCUT2D eigenvalue weighted by Crippen LogP contribution is -2.33. The fourth-order valence-electron chi connectivity index (χ4n) is 4.07. The van der Waals surface area contributed by atoms with Crippen molar-refractivity contribution in [3.63, 3.8) is 0 Å². The zero-order valence-corrected chi connectivity index (χ0v) is 16.5. The first-order valence-electron chi connectivity index (χ1n) is 9.88. The standard InChI is InChI=1S/C22H28N4O/c1-4-11-26-12-9-16(10-13-26)19-14-20-22(23-15-25(20)2)21(24-19)17-5-7-18(27-3)8-6-17/h5-8,14-16H,4,9-13H2,1-3H3. The predicted molar refractivity (Wildman–Crippen MR) is 109 cm³/mol. The number of hydrogen-bond donors (Lipinski definition) is 0. The van der Waals surface area contributed by atoms with Gasteiger partial charge in [-0.3, -0.25) is 4.98 Å². The molecule has 0 bridgehead atoms. The third kappa shape index (κ3) is 3.56. The Kier molecular flexibility index (Phi) is 5.12. The zero-order chi connectivity index (χ0) is 18.8. The summed E-state index contributed by atoms with van der Waals surface area (Å²) in [6.07, 6.45) is 5.47. The molecule has 4 rings (SSSR count). The molecule has 1 fully saturated rings. The second-order valence-corrected chi connectivity index (χ2v) is 7.46. The molecular weight excluding hydrogens is 336 g/mol. The predicted octanol–water partition coefficient (Wildman–Crippen LogP) is 4.23. The second kappa shape index (κ2) is 7.69. The van der Waals surface area contributed by atoms with Crippen LogP contribution >= 0.6 is 0 Å². The Labute approximate surface area is 161 Å². The summed E-state index contributed by atoms with van der Waals surface area (Å²) in [6, 6.07) is 10.4. The largest absolute Gasteiger partial charge is 0.497 e. The molecule has 5 heteroatoms. The molecule has 0 radical (unpaired) electrons. The first-order valence-corrected chi connectivity index (χ1v) is 9.88. The van der Waals surface area contributed by atoms with Crippen LogP contribution in [0.1, 0.15) is 37.8 Å². The van der Waals surface area contributed by atoms with Crippen molar-refractivity contribution >= 4 is 11.0 Å². The molecule has 0 atom stereocenters. The van der Waals surface area contributed by atoms with E-state index >= 15 is 0 Å². The number of likely N-dealkylation sites (tertiary alicyclic amines) is 1. The van der Waals surface area contributed by atoms with E-state index in [0.717, 1.165) is 28.0 Å². The maximum absolute atomic E-state index is 5.30. The number of methoxy groups -OCH3 is 1.